The van der Waals surface area contributed by atoms with E-state index in [1.54, 1.807) is 48.5 Å². The van der Waals surface area contributed by atoms with Crippen molar-refractivity contribution in [2.24, 2.45) is 10.9 Å². The van der Waals surface area contributed by atoms with Crippen LogP contribution in [0, 0.1) is 0 Å². The van der Waals surface area contributed by atoms with E-state index in [-0.39, 0.29) is 11.7 Å². The molecule has 0 aromatic heterocycles. The van der Waals surface area contributed by atoms with Gasteiger partial charge in [0.1, 0.15) is 11.5 Å². The number of rotatable bonds is 5. The SMILES string of the molecule is NC(=NO)c1ccc(NC(=O)c2ccc(Oc3ccccc3)cc2)cc1. The van der Waals surface area contributed by atoms with Gasteiger partial charge in [-0.3, -0.25) is 4.79 Å². The number of carbonyl (C=O) groups is 1. The molecule has 0 fully saturated rings. The second-order valence-electron chi connectivity index (χ2n) is 5.46. The molecule has 4 N–H and O–H groups in total. The zero-order valence-electron chi connectivity index (χ0n) is 13.8. The first-order valence-corrected chi connectivity index (χ1v) is 7.88. The van der Waals surface area contributed by atoms with Gasteiger partial charge in [0.25, 0.3) is 5.91 Å². The van der Waals surface area contributed by atoms with Gasteiger partial charge in [-0.2, -0.15) is 0 Å². The molecule has 0 atom stereocenters. The maximum atomic E-state index is 12.3. The number of para-hydroxylation sites is 1. The highest BCUT2D eigenvalue weighted by Gasteiger charge is 2.07. The van der Waals surface area contributed by atoms with Crippen LogP contribution < -0.4 is 15.8 Å². The molecule has 0 saturated carbocycles. The van der Waals surface area contributed by atoms with Gasteiger partial charge in [0.15, 0.2) is 5.84 Å². The second kappa shape index (κ2) is 7.85. The van der Waals surface area contributed by atoms with Gasteiger partial charge in [-0.05, 0) is 60.7 Å². The minimum Gasteiger partial charge on any atom is -0.457 e. The molecule has 0 bridgehead atoms. The molecule has 0 aliphatic carbocycles. The van der Waals surface area contributed by atoms with E-state index in [0.29, 0.717) is 22.6 Å². The number of nitrogens with one attached hydrogen (secondary N) is 1. The molecule has 0 spiro atoms. The van der Waals surface area contributed by atoms with Gasteiger partial charge in [-0.1, -0.05) is 23.4 Å². The van der Waals surface area contributed by atoms with Crippen LogP contribution in [0.25, 0.3) is 0 Å². The average molecular weight is 347 g/mol. The number of nitrogens with zero attached hydrogens (tertiary/aromatic N) is 1. The number of amides is 1. The van der Waals surface area contributed by atoms with Crippen LogP contribution in [-0.2, 0) is 0 Å². The summed E-state index contributed by atoms with van der Waals surface area (Å²) in [6.45, 7) is 0. The summed E-state index contributed by atoms with van der Waals surface area (Å²) in [5.74, 6) is 1.15. The third-order valence-corrected chi connectivity index (χ3v) is 3.64. The van der Waals surface area contributed by atoms with Crippen molar-refractivity contribution in [3.63, 3.8) is 0 Å². The quantitative estimate of drug-likeness (QED) is 0.283. The van der Waals surface area contributed by atoms with Gasteiger partial charge in [-0.15, -0.1) is 0 Å². The Labute approximate surface area is 150 Å². The smallest absolute Gasteiger partial charge is 0.255 e. The van der Waals surface area contributed by atoms with Crippen LogP contribution >= 0.6 is 0 Å². The normalized spacial score (nSPS) is 11.0. The van der Waals surface area contributed by atoms with E-state index in [2.05, 4.69) is 10.5 Å². The van der Waals surface area contributed by atoms with Crippen LogP contribution in [0.5, 0.6) is 11.5 Å². The fourth-order valence-corrected chi connectivity index (χ4v) is 2.28. The Kier molecular flexibility index (Phi) is 5.14. The first-order valence-electron chi connectivity index (χ1n) is 7.88. The van der Waals surface area contributed by atoms with Crippen molar-refractivity contribution in [1.29, 1.82) is 0 Å². The first kappa shape index (κ1) is 17.0. The molecule has 0 aliphatic heterocycles. The number of oxime groups is 1. The van der Waals surface area contributed by atoms with Gasteiger partial charge in [0.2, 0.25) is 0 Å². The molecule has 6 heteroatoms. The zero-order chi connectivity index (χ0) is 18.4. The highest BCUT2D eigenvalue weighted by molar-refractivity contribution is 6.04. The van der Waals surface area contributed by atoms with Gasteiger partial charge >= 0.3 is 0 Å². The van der Waals surface area contributed by atoms with Crippen molar-refractivity contribution in [3.8, 4) is 11.5 Å². The lowest BCUT2D eigenvalue weighted by Gasteiger charge is -2.08. The highest BCUT2D eigenvalue weighted by atomic mass is 16.5. The van der Waals surface area contributed by atoms with Crippen LogP contribution in [0.15, 0.2) is 84.0 Å². The minimum atomic E-state index is -0.243. The lowest BCUT2D eigenvalue weighted by atomic mass is 10.1. The molecule has 130 valence electrons. The van der Waals surface area contributed by atoms with Crippen molar-refractivity contribution in [2.45, 2.75) is 0 Å². The van der Waals surface area contributed by atoms with Crippen molar-refractivity contribution >= 4 is 17.4 Å². The molecule has 26 heavy (non-hydrogen) atoms. The van der Waals surface area contributed by atoms with Crippen molar-refractivity contribution < 1.29 is 14.7 Å². The minimum absolute atomic E-state index is 0.0110. The molecule has 6 nitrogen and oxygen atoms in total. The Balaban J connectivity index is 1.64. The lowest BCUT2D eigenvalue weighted by molar-refractivity contribution is 0.102. The fraction of sp³-hybridized carbons (Fsp3) is 0. The van der Waals surface area contributed by atoms with Gasteiger partial charge in [-0.25, -0.2) is 0 Å². The van der Waals surface area contributed by atoms with E-state index < -0.39 is 0 Å². The van der Waals surface area contributed by atoms with Crippen LogP contribution in [0.4, 0.5) is 5.69 Å². The summed E-state index contributed by atoms with van der Waals surface area (Å²) < 4.78 is 5.70. The molecule has 1 amide bonds. The lowest BCUT2D eigenvalue weighted by Crippen LogP contribution is -2.14. The zero-order valence-corrected chi connectivity index (χ0v) is 13.8. The number of anilines is 1. The molecule has 3 rings (SSSR count). The van der Waals surface area contributed by atoms with E-state index in [4.69, 9.17) is 15.7 Å². The summed E-state index contributed by atoms with van der Waals surface area (Å²) in [4.78, 5) is 12.3. The molecular formula is C20H17N3O3. The van der Waals surface area contributed by atoms with E-state index >= 15 is 0 Å². The predicted molar refractivity (Wildman–Crippen MR) is 99.9 cm³/mol. The Hall–Kier alpha value is -3.80. The number of nitrogens with two attached hydrogens (primary N) is 1. The molecule has 3 aromatic rings. The Morgan fingerprint density at radius 3 is 2.04 bits per heavy atom. The number of carbonyl (C=O) groups excluding carboxylic acids is 1. The molecule has 0 aliphatic rings. The summed E-state index contributed by atoms with van der Waals surface area (Å²) in [5, 5.41) is 14.4. The van der Waals surface area contributed by atoms with Gasteiger partial charge in [0.05, 0.1) is 0 Å². The van der Waals surface area contributed by atoms with E-state index in [0.717, 1.165) is 5.75 Å². The molecule has 0 unspecified atom stereocenters. The number of amidine groups is 1. The maximum absolute atomic E-state index is 12.3. The summed E-state index contributed by atoms with van der Waals surface area (Å²) in [5.41, 5.74) is 7.18. The molecule has 0 heterocycles. The molecular weight excluding hydrogens is 330 g/mol. The summed E-state index contributed by atoms with van der Waals surface area (Å²) in [6, 6.07) is 22.9. The monoisotopic (exact) mass is 347 g/mol. The average Bonchev–Trinajstić information content (AvgIpc) is 2.69. The van der Waals surface area contributed by atoms with E-state index in [9.17, 15) is 4.79 Å². The molecule has 0 saturated heterocycles. The molecule has 3 aromatic carbocycles. The first-order chi connectivity index (χ1) is 12.7. The Bertz CT molecular complexity index is 905. The fourth-order valence-electron chi connectivity index (χ4n) is 2.28. The van der Waals surface area contributed by atoms with Crippen LogP contribution in [0.2, 0.25) is 0 Å². The highest BCUT2D eigenvalue weighted by Crippen LogP contribution is 2.21. The second-order valence-corrected chi connectivity index (χ2v) is 5.46. The van der Waals surface area contributed by atoms with Crippen molar-refractivity contribution in [2.75, 3.05) is 5.32 Å². The largest absolute Gasteiger partial charge is 0.457 e. The summed E-state index contributed by atoms with van der Waals surface area (Å²) >= 11 is 0. The van der Waals surface area contributed by atoms with Crippen LogP contribution in [0.3, 0.4) is 0 Å². The van der Waals surface area contributed by atoms with E-state index in [1.807, 2.05) is 30.3 Å². The van der Waals surface area contributed by atoms with Crippen LogP contribution in [-0.4, -0.2) is 17.0 Å². The number of hydrogen-bond acceptors (Lipinski definition) is 4. The summed E-state index contributed by atoms with van der Waals surface area (Å²) in [7, 11) is 0. The predicted octanol–water partition coefficient (Wildman–Crippen LogP) is 3.83. The Morgan fingerprint density at radius 1 is 0.846 bits per heavy atom. The topological polar surface area (TPSA) is 96.9 Å². The third kappa shape index (κ3) is 4.18. The van der Waals surface area contributed by atoms with Crippen molar-refractivity contribution in [1.82, 2.24) is 0 Å². The number of hydrogen-bond donors (Lipinski definition) is 3. The third-order valence-electron chi connectivity index (χ3n) is 3.64. The van der Waals surface area contributed by atoms with E-state index in [1.165, 1.54) is 0 Å². The maximum Gasteiger partial charge on any atom is 0.255 e. The van der Waals surface area contributed by atoms with Gasteiger partial charge < -0.3 is 21.0 Å². The van der Waals surface area contributed by atoms with Gasteiger partial charge in [0, 0.05) is 16.8 Å². The van der Waals surface area contributed by atoms with Crippen LogP contribution in [0.1, 0.15) is 15.9 Å². The summed E-state index contributed by atoms with van der Waals surface area (Å²) in [6.07, 6.45) is 0. The van der Waals surface area contributed by atoms with Crippen molar-refractivity contribution in [3.05, 3.63) is 90.0 Å². The standard InChI is InChI=1S/C20H17N3O3/c21-19(23-25)14-6-10-16(11-7-14)22-20(24)15-8-12-18(13-9-15)26-17-4-2-1-3-5-17/h1-13,25H,(H2,21,23)(H,22,24). The Morgan fingerprint density at radius 2 is 1.42 bits per heavy atom. The number of benzene rings is 3. The molecule has 0 radical (unpaired) electrons. The number of ether oxygens (including phenoxy) is 1.